The fourth-order valence-corrected chi connectivity index (χ4v) is 7.08. The second-order valence-electron chi connectivity index (χ2n) is 10.6. The molecule has 2 N–H and O–H groups in total. The van der Waals surface area contributed by atoms with Crippen LogP contribution in [-0.4, -0.2) is 45.2 Å². The zero-order valence-corrected chi connectivity index (χ0v) is 22.7. The Labute approximate surface area is 233 Å². The summed E-state index contributed by atoms with van der Waals surface area (Å²) in [6.45, 7) is 5.32. The minimum Gasteiger partial charge on any atom is -0.508 e. The molecule has 2 aromatic carbocycles. The molecule has 3 aromatic heterocycles. The lowest BCUT2D eigenvalue weighted by molar-refractivity contribution is 0.464. The predicted molar refractivity (Wildman–Crippen MR) is 155 cm³/mol. The first kappa shape index (κ1) is 24.9. The van der Waals surface area contributed by atoms with Crippen LogP contribution in [0.3, 0.4) is 0 Å². The van der Waals surface area contributed by atoms with Crippen molar-refractivity contribution in [3.05, 3.63) is 64.4 Å². The van der Waals surface area contributed by atoms with E-state index in [1.807, 2.05) is 13.8 Å². The van der Waals surface area contributed by atoms with Gasteiger partial charge < -0.3 is 15.3 Å². The van der Waals surface area contributed by atoms with Crippen LogP contribution in [-0.2, 0) is 0 Å². The zero-order chi connectivity index (χ0) is 27.7. The number of hydrogen-bond acceptors (Lipinski definition) is 7. The molecule has 2 aliphatic rings. The van der Waals surface area contributed by atoms with Gasteiger partial charge in [-0.25, -0.2) is 18.7 Å². The summed E-state index contributed by atoms with van der Waals surface area (Å²) in [5, 5.41) is 16.9. The van der Waals surface area contributed by atoms with E-state index in [1.54, 1.807) is 12.4 Å². The Balaban J connectivity index is 1.53. The van der Waals surface area contributed by atoms with Crippen LogP contribution in [0.2, 0.25) is 0 Å². The van der Waals surface area contributed by atoms with E-state index in [1.165, 1.54) is 35.6 Å². The van der Waals surface area contributed by atoms with E-state index in [4.69, 9.17) is 11.4 Å². The summed E-state index contributed by atoms with van der Waals surface area (Å²) in [7, 11) is 0. The SMILES string of the molecule is C#Cc1c(F)ccc2cc(O)cc(-c3ncc4c(N5CC6CCC(C5)N6)nc(-c5cnc(C)s5)c(C)c4c3F)c12. The van der Waals surface area contributed by atoms with Gasteiger partial charge in [-0.05, 0) is 55.8 Å². The number of phenols is 1. The molecule has 0 aliphatic carbocycles. The molecule has 40 heavy (non-hydrogen) atoms. The quantitative estimate of drug-likeness (QED) is 0.263. The molecule has 5 heterocycles. The van der Waals surface area contributed by atoms with Crippen LogP contribution < -0.4 is 10.2 Å². The number of aromatic hydroxyl groups is 1. The summed E-state index contributed by atoms with van der Waals surface area (Å²) in [4.78, 5) is 17.2. The van der Waals surface area contributed by atoms with Crippen molar-refractivity contribution in [2.75, 3.05) is 18.0 Å². The molecule has 200 valence electrons. The van der Waals surface area contributed by atoms with Gasteiger partial charge in [0.1, 0.15) is 23.1 Å². The number of aryl methyl sites for hydroxylation is 2. The lowest BCUT2D eigenvalue weighted by atomic mass is 9.94. The van der Waals surface area contributed by atoms with Gasteiger partial charge in [0.15, 0.2) is 5.82 Å². The number of aromatic nitrogens is 3. The number of thiazole rings is 1. The van der Waals surface area contributed by atoms with Crippen LogP contribution in [0.5, 0.6) is 5.75 Å². The number of pyridine rings is 2. The molecule has 5 aromatic rings. The van der Waals surface area contributed by atoms with E-state index in [9.17, 15) is 9.50 Å². The third kappa shape index (κ3) is 3.82. The van der Waals surface area contributed by atoms with E-state index in [0.717, 1.165) is 35.8 Å². The number of benzene rings is 2. The molecule has 2 fully saturated rings. The lowest BCUT2D eigenvalue weighted by Gasteiger charge is -2.34. The standard InChI is InChI=1S/C31H25F2N5OS/c1-4-21-24(32)8-5-17-9-20(39)10-22(27(17)21)30-28(33)26-15(2)29(25-12-34-16(3)40-25)37-31(23(26)11-35-30)38-13-18-6-7-19(14-38)36-18/h1,5,8-12,18-19,36,39H,6-7,13-14H2,2-3H3. The highest BCUT2D eigenvalue weighted by molar-refractivity contribution is 7.15. The maximum atomic E-state index is 16.9. The van der Waals surface area contributed by atoms with Gasteiger partial charge in [0, 0.05) is 59.3 Å². The Hall–Kier alpha value is -4.13. The number of fused-ring (bicyclic) bond motifs is 4. The third-order valence-electron chi connectivity index (χ3n) is 8.03. The summed E-state index contributed by atoms with van der Waals surface area (Å²) < 4.78 is 31.6. The number of nitrogens with zero attached hydrogens (tertiary/aromatic N) is 4. The van der Waals surface area contributed by atoms with Crippen molar-refractivity contribution in [1.29, 1.82) is 0 Å². The summed E-state index contributed by atoms with van der Waals surface area (Å²) in [6, 6.07) is 6.35. The molecule has 2 bridgehead atoms. The van der Waals surface area contributed by atoms with Crippen LogP contribution >= 0.6 is 11.3 Å². The van der Waals surface area contributed by atoms with Crippen molar-refractivity contribution >= 4 is 38.7 Å². The van der Waals surface area contributed by atoms with E-state index in [-0.39, 0.29) is 22.6 Å². The molecule has 0 radical (unpaired) electrons. The number of rotatable bonds is 3. The molecule has 2 aliphatic heterocycles. The Bertz CT molecular complexity index is 1880. The smallest absolute Gasteiger partial charge is 0.157 e. The van der Waals surface area contributed by atoms with Gasteiger partial charge >= 0.3 is 0 Å². The Morgan fingerprint density at radius 2 is 1.82 bits per heavy atom. The molecule has 7 rings (SSSR count). The number of phenolic OH excluding ortho intramolecular Hbond substituents is 1. The van der Waals surface area contributed by atoms with Crippen molar-refractivity contribution in [3.63, 3.8) is 0 Å². The Kier molecular flexibility index (Phi) is 5.73. The van der Waals surface area contributed by atoms with E-state index in [2.05, 4.69) is 26.1 Å². The molecular formula is C31H25F2N5OS. The summed E-state index contributed by atoms with van der Waals surface area (Å²) in [5.41, 5.74) is 1.55. The van der Waals surface area contributed by atoms with Gasteiger partial charge in [-0.15, -0.1) is 17.8 Å². The number of hydrogen-bond donors (Lipinski definition) is 2. The van der Waals surface area contributed by atoms with Crippen molar-refractivity contribution in [3.8, 4) is 39.9 Å². The maximum absolute atomic E-state index is 16.9. The zero-order valence-electron chi connectivity index (χ0n) is 21.9. The van der Waals surface area contributed by atoms with Crippen LogP contribution in [0, 0.1) is 37.8 Å². The summed E-state index contributed by atoms with van der Waals surface area (Å²) in [5.74, 6) is 1.83. The number of piperazine rings is 1. The minimum absolute atomic E-state index is 0.00180. The first-order valence-corrected chi connectivity index (χ1v) is 14.0. The Morgan fingerprint density at radius 3 is 2.52 bits per heavy atom. The summed E-state index contributed by atoms with van der Waals surface area (Å²) >= 11 is 1.51. The van der Waals surface area contributed by atoms with Crippen LogP contribution in [0.25, 0.3) is 43.4 Å². The average molecular weight is 554 g/mol. The monoisotopic (exact) mass is 553 g/mol. The highest BCUT2D eigenvalue weighted by atomic mass is 32.1. The second kappa shape index (κ2) is 9.22. The van der Waals surface area contributed by atoms with E-state index < -0.39 is 11.6 Å². The third-order valence-corrected chi connectivity index (χ3v) is 8.95. The topological polar surface area (TPSA) is 74.2 Å². The van der Waals surface area contributed by atoms with E-state index >= 15 is 4.39 Å². The van der Waals surface area contributed by atoms with Gasteiger partial charge in [0.05, 0.1) is 21.1 Å². The molecule has 2 unspecified atom stereocenters. The van der Waals surface area contributed by atoms with E-state index in [0.29, 0.717) is 50.7 Å². The number of nitrogens with one attached hydrogen (secondary N) is 1. The van der Waals surface area contributed by atoms with Crippen molar-refractivity contribution in [2.24, 2.45) is 0 Å². The van der Waals surface area contributed by atoms with Crippen LogP contribution in [0.4, 0.5) is 14.6 Å². The highest BCUT2D eigenvalue weighted by Crippen LogP contribution is 2.42. The molecule has 2 saturated heterocycles. The van der Waals surface area contributed by atoms with Crippen molar-refractivity contribution in [2.45, 2.75) is 38.8 Å². The molecule has 6 nitrogen and oxygen atoms in total. The van der Waals surface area contributed by atoms with Crippen molar-refractivity contribution in [1.82, 2.24) is 20.3 Å². The minimum atomic E-state index is -0.595. The van der Waals surface area contributed by atoms with Gasteiger partial charge in [0.25, 0.3) is 0 Å². The molecular weight excluding hydrogens is 528 g/mol. The lowest BCUT2D eigenvalue weighted by Crippen LogP contribution is -2.51. The van der Waals surface area contributed by atoms with Crippen LogP contribution in [0.1, 0.15) is 29.0 Å². The molecule has 0 saturated carbocycles. The van der Waals surface area contributed by atoms with Gasteiger partial charge in [-0.1, -0.05) is 12.0 Å². The summed E-state index contributed by atoms with van der Waals surface area (Å²) in [6.07, 6.45) is 11.3. The number of terminal acetylenes is 1. The predicted octanol–water partition coefficient (Wildman–Crippen LogP) is 6.10. The largest absolute Gasteiger partial charge is 0.508 e. The Morgan fingerprint density at radius 1 is 1.05 bits per heavy atom. The van der Waals surface area contributed by atoms with Crippen molar-refractivity contribution < 1.29 is 13.9 Å². The number of halogens is 2. The van der Waals surface area contributed by atoms with Gasteiger partial charge in [-0.3, -0.25) is 4.98 Å². The molecule has 2 atom stereocenters. The number of anilines is 1. The average Bonchev–Trinajstić information content (AvgIpc) is 3.52. The maximum Gasteiger partial charge on any atom is 0.157 e. The fraction of sp³-hybridized carbons (Fsp3) is 0.258. The van der Waals surface area contributed by atoms with Crippen LogP contribution in [0.15, 0.2) is 36.7 Å². The molecule has 0 amide bonds. The first-order valence-electron chi connectivity index (χ1n) is 13.2. The molecule has 0 spiro atoms. The van der Waals surface area contributed by atoms with Gasteiger partial charge in [0.2, 0.25) is 0 Å². The normalized spacial score (nSPS) is 18.5. The molecule has 9 heteroatoms. The van der Waals surface area contributed by atoms with Gasteiger partial charge in [-0.2, -0.15) is 0 Å². The second-order valence-corrected chi connectivity index (χ2v) is 11.8. The highest BCUT2D eigenvalue weighted by Gasteiger charge is 2.34. The first-order chi connectivity index (χ1) is 19.3. The fourth-order valence-electron chi connectivity index (χ4n) is 6.25.